The Morgan fingerprint density at radius 3 is 3.17 bits per heavy atom. The van der Waals surface area contributed by atoms with Crippen molar-refractivity contribution in [3.63, 3.8) is 0 Å². The molecule has 102 valence electrons. The lowest BCUT2D eigenvalue weighted by atomic mass is 10.1. The zero-order chi connectivity index (χ0) is 12.8. The number of nitrogens with one attached hydrogen (secondary N) is 1. The van der Waals surface area contributed by atoms with Crippen molar-refractivity contribution >= 4 is 16.7 Å². The predicted molar refractivity (Wildman–Crippen MR) is 74.2 cm³/mol. The molecule has 0 bridgehead atoms. The molecule has 1 aliphatic rings. The Hall–Kier alpha value is -0.720. The van der Waals surface area contributed by atoms with E-state index in [1.807, 2.05) is 0 Å². The number of nitrogens with zero attached hydrogens (tertiary/aromatic N) is 3. The highest BCUT2D eigenvalue weighted by atomic mass is 32.1. The Labute approximate surface area is 113 Å². The van der Waals surface area contributed by atoms with E-state index in [1.54, 1.807) is 7.11 Å². The summed E-state index contributed by atoms with van der Waals surface area (Å²) in [6.45, 7) is 6.16. The van der Waals surface area contributed by atoms with Crippen molar-refractivity contribution in [1.29, 1.82) is 0 Å². The van der Waals surface area contributed by atoms with Crippen LogP contribution in [0.25, 0.3) is 0 Å². The Kier molecular flexibility index (Phi) is 5.34. The molecule has 0 spiro atoms. The van der Waals surface area contributed by atoms with Gasteiger partial charge in [0.25, 0.3) is 0 Å². The lowest BCUT2D eigenvalue weighted by Crippen LogP contribution is -2.43. The molecule has 1 aliphatic heterocycles. The molecule has 1 aromatic rings. The van der Waals surface area contributed by atoms with Gasteiger partial charge >= 0.3 is 0 Å². The molecule has 5 nitrogen and oxygen atoms in total. The average Bonchev–Trinajstić information content (AvgIpc) is 2.84. The van der Waals surface area contributed by atoms with E-state index < -0.39 is 0 Å². The number of piperidine rings is 1. The molecular formula is C12H22N4OS. The third-order valence-corrected chi connectivity index (χ3v) is 3.91. The number of hydrogen-bond donors (Lipinski definition) is 1. The molecule has 1 fully saturated rings. The molecule has 0 amide bonds. The van der Waals surface area contributed by atoms with Crippen molar-refractivity contribution in [1.82, 2.24) is 14.3 Å². The molecule has 6 heteroatoms. The normalized spacial score (nSPS) is 21.1. The molecule has 1 aromatic heterocycles. The Morgan fingerprint density at radius 2 is 2.44 bits per heavy atom. The van der Waals surface area contributed by atoms with Crippen molar-refractivity contribution in [2.75, 3.05) is 38.7 Å². The summed E-state index contributed by atoms with van der Waals surface area (Å²) in [4.78, 5) is 6.91. The molecule has 1 atom stereocenters. The van der Waals surface area contributed by atoms with Gasteiger partial charge in [-0.15, -0.1) is 0 Å². The summed E-state index contributed by atoms with van der Waals surface area (Å²) in [5.74, 6) is 0.939. The number of aryl methyl sites for hydroxylation is 1. The fraction of sp³-hybridized carbons (Fsp3) is 0.833. The van der Waals surface area contributed by atoms with Gasteiger partial charge in [0.05, 0.1) is 6.61 Å². The highest BCUT2D eigenvalue weighted by molar-refractivity contribution is 7.09. The zero-order valence-corrected chi connectivity index (χ0v) is 12.0. The van der Waals surface area contributed by atoms with Crippen molar-refractivity contribution in [2.24, 2.45) is 0 Å². The van der Waals surface area contributed by atoms with Crippen LogP contribution in [0.3, 0.4) is 0 Å². The molecule has 1 N–H and O–H groups in total. The third-order valence-electron chi connectivity index (χ3n) is 3.23. The number of hydrogen-bond acceptors (Lipinski definition) is 6. The van der Waals surface area contributed by atoms with E-state index in [1.165, 1.54) is 30.9 Å². The van der Waals surface area contributed by atoms with Gasteiger partial charge < -0.3 is 10.1 Å². The van der Waals surface area contributed by atoms with Crippen LogP contribution < -0.4 is 5.32 Å². The fourth-order valence-electron chi connectivity index (χ4n) is 2.23. The van der Waals surface area contributed by atoms with E-state index in [2.05, 4.69) is 26.5 Å². The molecule has 18 heavy (non-hydrogen) atoms. The second-order valence-corrected chi connectivity index (χ2v) is 5.40. The Bertz CT molecular complexity index is 358. The van der Waals surface area contributed by atoms with Gasteiger partial charge in [-0.05, 0) is 19.4 Å². The largest absolute Gasteiger partial charge is 0.383 e. The summed E-state index contributed by atoms with van der Waals surface area (Å²) in [6.07, 6.45) is 3.36. The van der Waals surface area contributed by atoms with Crippen molar-refractivity contribution in [2.45, 2.75) is 32.2 Å². The minimum atomic E-state index is 0.494. The molecule has 0 radical (unpaired) electrons. The lowest BCUT2D eigenvalue weighted by molar-refractivity contribution is 0.131. The highest BCUT2D eigenvalue weighted by Gasteiger charge is 2.20. The molecule has 2 heterocycles. The maximum absolute atomic E-state index is 5.13. The number of ether oxygens (including phenoxy) is 1. The number of anilines is 1. The molecule has 0 aromatic carbocycles. The quantitative estimate of drug-likeness (QED) is 0.851. The summed E-state index contributed by atoms with van der Waals surface area (Å²) in [7, 11) is 1.76. The van der Waals surface area contributed by atoms with Crippen LogP contribution in [0.15, 0.2) is 0 Å². The van der Waals surface area contributed by atoms with E-state index in [9.17, 15) is 0 Å². The maximum Gasteiger partial charge on any atom is 0.202 e. The molecular weight excluding hydrogens is 248 g/mol. The summed E-state index contributed by atoms with van der Waals surface area (Å²) >= 11 is 1.47. The Balaban J connectivity index is 1.81. The van der Waals surface area contributed by atoms with Crippen LogP contribution >= 0.6 is 11.5 Å². The maximum atomic E-state index is 5.13. The molecule has 1 unspecified atom stereocenters. The van der Waals surface area contributed by atoms with Crippen molar-refractivity contribution in [3.8, 4) is 0 Å². The topological polar surface area (TPSA) is 50.3 Å². The summed E-state index contributed by atoms with van der Waals surface area (Å²) in [6, 6.07) is 0.494. The van der Waals surface area contributed by atoms with Crippen LogP contribution in [-0.4, -0.2) is 53.7 Å². The fourth-order valence-corrected chi connectivity index (χ4v) is 2.95. The number of methoxy groups -OCH3 is 1. The van der Waals surface area contributed by atoms with E-state index in [0.717, 1.165) is 37.1 Å². The smallest absolute Gasteiger partial charge is 0.202 e. The van der Waals surface area contributed by atoms with Gasteiger partial charge in [-0.25, -0.2) is 4.98 Å². The first-order valence-corrected chi connectivity index (χ1v) is 7.39. The van der Waals surface area contributed by atoms with E-state index in [0.29, 0.717) is 6.04 Å². The SMILES string of the molecule is CCc1nsc(NC2CCCN(CCOC)C2)n1. The van der Waals surface area contributed by atoms with Crippen LogP contribution in [0.5, 0.6) is 0 Å². The number of aromatic nitrogens is 2. The summed E-state index contributed by atoms with van der Waals surface area (Å²) in [5, 5.41) is 4.47. The minimum Gasteiger partial charge on any atom is -0.383 e. The van der Waals surface area contributed by atoms with Gasteiger partial charge in [0.1, 0.15) is 5.82 Å². The Morgan fingerprint density at radius 1 is 1.56 bits per heavy atom. The first-order chi connectivity index (χ1) is 8.81. The van der Waals surface area contributed by atoms with Crippen LogP contribution in [0, 0.1) is 0 Å². The highest BCUT2D eigenvalue weighted by Crippen LogP contribution is 2.17. The molecule has 1 saturated heterocycles. The van der Waals surface area contributed by atoms with Gasteiger partial charge in [0, 0.05) is 44.2 Å². The van der Waals surface area contributed by atoms with E-state index >= 15 is 0 Å². The predicted octanol–water partition coefficient (Wildman–Crippen LogP) is 1.62. The minimum absolute atomic E-state index is 0.494. The average molecular weight is 270 g/mol. The van der Waals surface area contributed by atoms with Crippen LogP contribution in [0.2, 0.25) is 0 Å². The second kappa shape index (κ2) is 7.01. The lowest BCUT2D eigenvalue weighted by Gasteiger charge is -2.32. The summed E-state index contributed by atoms with van der Waals surface area (Å²) < 4.78 is 9.44. The van der Waals surface area contributed by atoms with Gasteiger partial charge in [0.2, 0.25) is 5.13 Å². The van der Waals surface area contributed by atoms with Gasteiger partial charge in [-0.1, -0.05) is 6.92 Å². The third kappa shape index (κ3) is 3.90. The van der Waals surface area contributed by atoms with Gasteiger partial charge in [0.15, 0.2) is 0 Å². The molecule has 2 rings (SSSR count). The number of rotatable bonds is 6. The van der Waals surface area contributed by atoms with Crippen LogP contribution in [0.1, 0.15) is 25.6 Å². The summed E-state index contributed by atoms with van der Waals surface area (Å²) in [5.41, 5.74) is 0. The molecule has 0 aliphatic carbocycles. The number of likely N-dealkylation sites (tertiary alicyclic amines) is 1. The van der Waals surface area contributed by atoms with Crippen molar-refractivity contribution in [3.05, 3.63) is 5.82 Å². The zero-order valence-electron chi connectivity index (χ0n) is 11.2. The van der Waals surface area contributed by atoms with E-state index in [4.69, 9.17) is 4.74 Å². The van der Waals surface area contributed by atoms with Gasteiger partial charge in [-0.2, -0.15) is 4.37 Å². The monoisotopic (exact) mass is 270 g/mol. The van der Waals surface area contributed by atoms with Crippen molar-refractivity contribution < 1.29 is 4.74 Å². The second-order valence-electron chi connectivity index (χ2n) is 4.65. The molecule has 0 saturated carbocycles. The van der Waals surface area contributed by atoms with Gasteiger partial charge in [-0.3, -0.25) is 4.90 Å². The van der Waals surface area contributed by atoms with Crippen LogP contribution in [0.4, 0.5) is 5.13 Å². The first-order valence-electron chi connectivity index (χ1n) is 6.62. The van der Waals surface area contributed by atoms with E-state index in [-0.39, 0.29) is 0 Å². The standard InChI is InChI=1S/C12H22N4OS/c1-3-11-14-12(18-15-11)13-10-5-4-6-16(9-10)7-8-17-2/h10H,3-9H2,1-2H3,(H,13,14,15). The van der Waals surface area contributed by atoms with Crippen LogP contribution in [-0.2, 0) is 11.2 Å². The first kappa shape index (κ1) is 13.7.